The highest BCUT2D eigenvalue weighted by molar-refractivity contribution is 5.93. The molecular weight excluding hydrogens is 360 g/mol. The van der Waals surface area contributed by atoms with Gasteiger partial charge in [-0.3, -0.25) is 14.6 Å². The molecule has 0 aliphatic carbocycles. The molecule has 1 unspecified atom stereocenters. The molecule has 2 aliphatic heterocycles. The molecule has 4 rings (SSSR count). The van der Waals surface area contributed by atoms with E-state index in [1.54, 1.807) is 37.0 Å². The van der Waals surface area contributed by atoms with Crippen LogP contribution in [0.25, 0.3) is 0 Å². The number of hydrogen-bond acceptors (Lipinski definition) is 6. The minimum absolute atomic E-state index is 0.000867. The zero-order valence-electron chi connectivity index (χ0n) is 15.9. The van der Waals surface area contributed by atoms with Crippen LogP contribution in [0.3, 0.4) is 0 Å². The number of oxazole rings is 1. The molecule has 2 aromatic rings. The molecule has 2 saturated heterocycles. The highest BCUT2D eigenvalue weighted by atomic mass is 16.5. The number of rotatable bonds is 4. The lowest BCUT2D eigenvalue weighted by Gasteiger charge is -2.41. The molecule has 8 heteroatoms. The zero-order valence-corrected chi connectivity index (χ0v) is 15.9. The standard InChI is InChI=1S/C20H24N4O4/c1-27-13-17(25)24-12-16(18-22-7-10-28-18)20(14-24)4-8-23(9-5-20)19(26)15-3-2-6-21-11-15/h2-3,6-7,10-11,16H,4-5,8-9,12-14H2,1H3. The predicted molar refractivity (Wildman–Crippen MR) is 99.5 cm³/mol. The summed E-state index contributed by atoms with van der Waals surface area (Å²) in [5, 5.41) is 0. The Hall–Kier alpha value is -2.74. The lowest BCUT2D eigenvalue weighted by molar-refractivity contribution is -0.134. The van der Waals surface area contributed by atoms with Crippen LogP contribution < -0.4 is 0 Å². The first-order valence-corrected chi connectivity index (χ1v) is 9.48. The van der Waals surface area contributed by atoms with Crippen LogP contribution in [0.5, 0.6) is 0 Å². The fourth-order valence-corrected chi connectivity index (χ4v) is 4.45. The largest absolute Gasteiger partial charge is 0.449 e. The van der Waals surface area contributed by atoms with Gasteiger partial charge < -0.3 is 19.0 Å². The summed E-state index contributed by atoms with van der Waals surface area (Å²) in [4.78, 5) is 37.3. The zero-order chi connectivity index (χ0) is 19.6. The molecule has 148 valence electrons. The highest BCUT2D eigenvalue weighted by Gasteiger charge is 2.52. The molecule has 1 atom stereocenters. The molecule has 1 spiro atoms. The number of carbonyl (C=O) groups excluding carboxylic acids is 2. The van der Waals surface area contributed by atoms with Crippen LogP contribution in [-0.2, 0) is 9.53 Å². The summed E-state index contributed by atoms with van der Waals surface area (Å²) in [6.45, 7) is 2.55. The number of ether oxygens (including phenoxy) is 1. The second kappa shape index (κ2) is 7.71. The minimum Gasteiger partial charge on any atom is -0.449 e. The lowest BCUT2D eigenvalue weighted by Crippen LogP contribution is -2.46. The maximum absolute atomic E-state index is 12.7. The normalized spacial score (nSPS) is 21.2. The van der Waals surface area contributed by atoms with Gasteiger partial charge in [-0.2, -0.15) is 0 Å². The number of pyridine rings is 1. The summed E-state index contributed by atoms with van der Waals surface area (Å²) in [5.74, 6) is 0.671. The van der Waals surface area contributed by atoms with Gasteiger partial charge >= 0.3 is 0 Å². The maximum atomic E-state index is 12.7. The van der Waals surface area contributed by atoms with E-state index in [0.717, 1.165) is 12.8 Å². The van der Waals surface area contributed by atoms with E-state index in [9.17, 15) is 9.59 Å². The number of methoxy groups -OCH3 is 1. The molecule has 28 heavy (non-hydrogen) atoms. The molecule has 0 bridgehead atoms. The van der Waals surface area contributed by atoms with E-state index in [1.165, 1.54) is 7.11 Å². The first-order valence-electron chi connectivity index (χ1n) is 9.48. The van der Waals surface area contributed by atoms with Gasteiger partial charge in [0.1, 0.15) is 12.9 Å². The van der Waals surface area contributed by atoms with Crippen molar-refractivity contribution >= 4 is 11.8 Å². The van der Waals surface area contributed by atoms with Gasteiger partial charge in [-0.25, -0.2) is 4.98 Å². The van der Waals surface area contributed by atoms with Gasteiger partial charge in [0.25, 0.3) is 5.91 Å². The number of aromatic nitrogens is 2. The van der Waals surface area contributed by atoms with Gasteiger partial charge in [0.2, 0.25) is 5.91 Å². The maximum Gasteiger partial charge on any atom is 0.255 e. The molecule has 2 amide bonds. The molecule has 2 fully saturated rings. The van der Waals surface area contributed by atoms with Gasteiger partial charge in [0.15, 0.2) is 5.89 Å². The molecule has 2 aliphatic rings. The SMILES string of the molecule is COCC(=O)N1CC(c2ncco2)C2(CCN(C(=O)c3cccnc3)CC2)C1. The second-order valence-corrected chi connectivity index (χ2v) is 7.53. The van der Waals surface area contributed by atoms with Crippen molar-refractivity contribution < 1.29 is 18.7 Å². The summed E-state index contributed by atoms with van der Waals surface area (Å²) in [6, 6.07) is 3.56. The Morgan fingerprint density at radius 3 is 2.75 bits per heavy atom. The molecule has 0 N–H and O–H groups in total. The smallest absolute Gasteiger partial charge is 0.255 e. The van der Waals surface area contributed by atoms with Crippen LogP contribution >= 0.6 is 0 Å². The van der Waals surface area contributed by atoms with Gasteiger partial charge in [-0.1, -0.05) is 0 Å². The fraction of sp³-hybridized carbons (Fsp3) is 0.500. The predicted octanol–water partition coefficient (Wildman–Crippen LogP) is 1.56. The Kier molecular flexibility index (Phi) is 5.13. The van der Waals surface area contributed by atoms with E-state index in [0.29, 0.717) is 37.6 Å². The quantitative estimate of drug-likeness (QED) is 0.795. The second-order valence-electron chi connectivity index (χ2n) is 7.53. The third-order valence-corrected chi connectivity index (χ3v) is 5.97. The average molecular weight is 384 g/mol. The van der Waals surface area contributed by atoms with Crippen LogP contribution in [0.2, 0.25) is 0 Å². The summed E-state index contributed by atoms with van der Waals surface area (Å²) in [6.07, 6.45) is 8.06. The van der Waals surface area contributed by atoms with Gasteiger partial charge in [0.05, 0.1) is 17.7 Å². The van der Waals surface area contributed by atoms with Crippen LogP contribution in [0.15, 0.2) is 41.4 Å². The number of amides is 2. The minimum atomic E-state index is -0.139. The van der Waals surface area contributed by atoms with Crippen molar-refractivity contribution in [1.29, 1.82) is 0 Å². The first-order chi connectivity index (χ1) is 13.6. The van der Waals surface area contributed by atoms with Crippen molar-refractivity contribution in [3.8, 4) is 0 Å². The van der Waals surface area contributed by atoms with Crippen molar-refractivity contribution in [3.63, 3.8) is 0 Å². The van der Waals surface area contributed by atoms with Crippen molar-refractivity contribution in [2.75, 3.05) is 39.9 Å². The Bertz CT molecular complexity index is 816. The van der Waals surface area contributed by atoms with Crippen LogP contribution in [0.4, 0.5) is 0 Å². The highest BCUT2D eigenvalue weighted by Crippen LogP contribution is 2.49. The number of nitrogens with zero attached hydrogens (tertiary/aromatic N) is 4. The van der Waals surface area contributed by atoms with Gasteiger partial charge in [-0.05, 0) is 25.0 Å². The summed E-state index contributed by atoms with van der Waals surface area (Å²) in [5.41, 5.74) is 0.464. The summed E-state index contributed by atoms with van der Waals surface area (Å²) >= 11 is 0. The molecule has 0 radical (unpaired) electrons. The van der Waals surface area contributed by atoms with Crippen LogP contribution in [0, 0.1) is 5.41 Å². The van der Waals surface area contributed by atoms with Gasteiger partial charge in [0, 0.05) is 51.1 Å². The first kappa shape index (κ1) is 18.6. The van der Waals surface area contributed by atoms with Crippen molar-refractivity contribution in [2.24, 2.45) is 5.41 Å². The van der Waals surface area contributed by atoms with Gasteiger partial charge in [-0.15, -0.1) is 0 Å². The summed E-state index contributed by atoms with van der Waals surface area (Å²) in [7, 11) is 1.53. The third-order valence-electron chi connectivity index (χ3n) is 5.97. The van der Waals surface area contributed by atoms with Crippen molar-refractivity contribution in [3.05, 3.63) is 48.4 Å². The Morgan fingerprint density at radius 1 is 1.29 bits per heavy atom. The number of likely N-dealkylation sites (tertiary alicyclic amines) is 2. The number of carbonyl (C=O) groups is 2. The topological polar surface area (TPSA) is 88.8 Å². The number of piperidine rings is 1. The number of hydrogen-bond donors (Lipinski definition) is 0. The molecule has 8 nitrogen and oxygen atoms in total. The van der Waals surface area contributed by atoms with Crippen molar-refractivity contribution in [1.82, 2.24) is 19.8 Å². The van der Waals surface area contributed by atoms with E-state index < -0.39 is 0 Å². The van der Waals surface area contributed by atoms with Crippen molar-refractivity contribution in [2.45, 2.75) is 18.8 Å². The molecular formula is C20H24N4O4. The average Bonchev–Trinajstić information content (AvgIpc) is 3.37. The van der Waals surface area contributed by atoms with E-state index >= 15 is 0 Å². The molecule has 0 saturated carbocycles. The monoisotopic (exact) mass is 384 g/mol. The van der Waals surface area contributed by atoms with E-state index in [1.807, 2.05) is 9.80 Å². The van der Waals surface area contributed by atoms with E-state index in [4.69, 9.17) is 9.15 Å². The van der Waals surface area contributed by atoms with Crippen LogP contribution in [0.1, 0.15) is 35.0 Å². The summed E-state index contributed by atoms with van der Waals surface area (Å²) < 4.78 is 10.6. The molecule has 2 aromatic heterocycles. The van der Waals surface area contributed by atoms with E-state index in [-0.39, 0.29) is 29.8 Å². The Morgan fingerprint density at radius 2 is 2.11 bits per heavy atom. The Labute approximate surface area is 163 Å². The van der Waals surface area contributed by atoms with Crippen LogP contribution in [-0.4, -0.2) is 71.5 Å². The molecule has 4 heterocycles. The Balaban J connectivity index is 1.51. The van der Waals surface area contributed by atoms with E-state index in [2.05, 4.69) is 9.97 Å². The third kappa shape index (κ3) is 3.40. The molecule has 0 aromatic carbocycles. The lowest BCUT2D eigenvalue weighted by atomic mass is 9.70. The fourth-order valence-electron chi connectivity index (χ4n) is 4.45.